The molecule has 1 N–H and O–H groups in total. The van der Waals surface area contributed by atoms with Crippen molar-refractivity contribution < 1.29 is 19.2 Å². The molecule has 3 heterocycles. The first-order chi connectivity index (χ1) is 17.5. The Kier molecular flexibility index (Phi) is 6.83. The van der Waals surface area contributed by atoms with E-state index in [1.54, 1.807) is 28.6 Å². The summed E-state index contributed by atoms with van der Waals surface area (Å²) in [6, 6.07) is 5.00. The second kappa shape index (κ2) is 9.67. The molecule has 1 unspecified atom stereocenters. The van der Waals surface area contributed by atoms with Crippen LogP contribution >= 0.6 is 34.5 Å². The van der Waals surface area contributed by atoms with Crippen molar-refractivity contribution in [3.63, 3.8) is 0 Å². The monoisotopic (exact) mass is 562 g/mol. The molecule has 3 fully saturated rings. The smallest absolute Gasteiger partial charge is 0.265 e. The Morgan fingerprint density at radius 2 is 1.78 bits per heavy atom. The van der Waals surface area contributed by atoms with E-state index in [1.807, 2.05) is 4.90 Å². The Morgan fingerprint density at radius 1 is 1.08 bits per heavy atom. The Morgan fingerprint density at radius 3 is 2.41 bits per heavy atom. The van der Waals surface area contributed by atoms with Crippen molar-refractivity contribution in [3.8, 4) is 0 Å². The number of likely N-dealkylation sites (tertiary alicyclic amines) is 2. The maximum atomic E-state index is 13.3. The molecule has 2 aliphatic heterocycles. The molecular formula is C26H28Cl2N4O4S. The molecule has 3 aliphatic rings. The quantitative estimate of drug-likeness (QED) is 0.558. The molecule has 196 valence electrons. The van der Waals surface area contributed by atoms with E-state index >= 15 is 0 Å². The van der Waals surface area contributed by atoms with Gasteiger partial charge in [0, 0.05) is 43.9 Å². The van der Waals surface area contributed by atoms with Crippen LogP contribution in [0.1, 0.15) is 35.5 Å². The fourth-order valence-corrected chi connectivity index (χ4v) is 6.42. The van der Waals surface area contributed by atoms with Crippen LogP contribution in [0.4, 0.5) is 0 Å². The third-order valence-corrected chi connectivity index (χ3v) is 9.37. The number of benzene rings is 1. The van der Waals surface area contributed by atoms with Gasteiger partial charge in [-0.2, -0.15) is 0 Å². The highest BCUT2D eigenvalue weighted by molar-refractivity contribution is 7.11. The zero-order valence-electron chi connectivity index (χ0n) is 20.6. The number of thiazole rings is 1. The van der Waals surface area contributed by atoms with E-state index in [4.69, 9.17) is 23.2 Å². The van der Waals surface area contributed by atoms with Crippen LogP contribution < -0.4 is 5.32 Å². The standard InChI is InChI=1S/C26H28Cl2N4O4S/c1-25(2)7-17(25)23(35)32-12-26(13-32)11-31(24(36)21-9-29-14-37-21)10-18(26)22(34)30-8-16(33)5-15-3-4-19(27)20(28)6-15/h3-4,6,9,14,17-18H,5,7-8,10-13H2,1-2H3,(H,30,34)/t17-,18?/m1/s1. The number of carbonyl (C=O) groups excluding carboxylic acids is 4. The largest absolute Gasteiger partial charge is 0.349 e. The Labute approximate surface area is 229 Å². The summed E-state index contributed by atoms with van der Waals surface area (Å²) in [4.78, 5) is 59.9. The molecule has 1 aromatic carbocycles. The molecule has 3 amide bonds. The highest BCUT2D eigenvalue weighted by atomic mass is 35.5. The van der Waals surface area contributed by atoms with Crippen LogP contribution in [0.5, 0.6) is 0 Å². The van der Waals surface area contributed by atoms with Crippen LogP contribution in [0.25, 0.3) is 0 Å². The second-order valence-corrected chi connectivity index (χ2v) is 12.8. The molecule has 1 aromatic heterocycles. The molecule has 2 atom stereocenters. The number of nitrogens with zero attached hydrogens (tertiary/aromatic N) is 3. The second-order valence-electron chi connectivity index (χ2n) is 11.1. The lowest BCUT2D eigenvalue weighted by Crippen LogP contribution is -2.64. The summed E-state index contributed by atoms with van der Waals surface area (Å²) >= 11 is 13.2. The summed E-state index contributed by atoms with van der Waals surface area (Å²) in [6.45, 7) is 5.52. The molecular weight excluding hydrogens is 535 g/mol. The van der Waals surface area contributed by atoms with Crippen molar-refractivity contribution in [2.24, 2.45) is 22.7 Å². The number of nitrogens with one attached hydrogen (secondary N) is 1. The number of hydrogen-bond acceptors (Lipinski definition) is 6. The van der Waals surface area contributed by atoms with Gasteiger partial charge in [-0.1, -0.05) is 43.1 Å². The first-order valence-corrected chi connectivity index (χ1v) is 13.8. The van der Waals surface area contributed by atoms with Gasteiger partial charge in [0.15, 0.2) is 5.78 Å². The molecule has 37 heavy (non-hydrogen) atoms. The van der Waals surface area contributed by atoms with E-state index in [2.05, 4.69) is 24.1 Å². The van der Waals surface area contributed by atoms with Gasteiger partial charge in [0.2, 0.25) is 11.8 Å². The molecule has 11 heteroatoms. The lowest BCUT2D eigenvalue weighted by molar-refractivity contribution is -0.151. The van der Waals surface area contributed by atoms with Gasteiger partial charge in [-0.05, 0) is 29.5 Å². The van der Waals surface area contributed by atoms with E-state index in [0.29, 0.717) is 40.1 Å². The zero-order valence-corrected chi connectivity index (χ0v) is 23.0. The van der Waals surface area contributed by atoms with Crippen molar-refractivity contribution in [2.75, 3.05) is 32.7 Å². The van der Waals surface area contributed by atoms with E-state index in [0.717, 1.165) is 6.42 Å². The van der Waals surface area contributed by atoms with Gasteiger partial charge in [0.25, 0.3) is 5.91 Å². The number of carbonyl (C=O) groups is 4. The summed E-state index contributed by atoms with van der Waals surface area (Å²) in [7, 11) is 0. The molecule has 2 saturated heterocycles. The predicted molar refractivity (Wildman–Crippen MR) is 141 cm³/mol. The van der Waals surface area contributed by atoms with Crippen LogP contribution in [0, 0.1) is 22.7 Å². The maximum absolute atomic E-state index is 13.3. The minimum Gasteiger partial charge on any atom is -0.349 e. The van der Waals surface area contributed by atoms with E-state index in [-0.39, 0.29) is 54.3 Å². The van der Waals surface area contributed by atoms with Crippen LogP contribution in [-0.2, 0) is 20.8 Å². The maximum Gasteiger partial charge on any atom is 0.265 e. The van der Waals surface area contributed by atoms with E-state index in [9.17, 15) is 19.2 Å². The highest BCUT2D eigenvalue weighted by Gasteiger charge is 2.61. The Balaban J connectivity index is 1.24. The third-order valence-electron chi connectivity index (χ3n) is 7.87. The first-order valence-electron chi connectivity index (χ1n) is 12.2. The molecule has 8 nitrogen and oxygen atoms in total. The van der Waals surface area contributed by atoms with Crippen LogP contribution in [0.15, 0.2) is 29.9 Å². The minimum atomic E-state index is -0.522. The average Bonchev–Trinajstić information content (AvgIpc) is 3.22. The van der Waals surface area contributed by atoms with Gasteiger partial charge in [0.1, 0.15) is 4.88 Å². The summed E-state index contributed by atoms with van der Waals surface area (Å²) in [6.07, 6.45) is 2.51. The highest BCUT2D eigenvalue weighted by Crippen LogP contribution is 2.54. The number of hydrogen-bond donors (Lipinski definition) is 1. The van der Waals surface area contributed by atoms with Gasteiger partial charge in [-0.3, -0.25) is 24.2 Å². The number of ketones is 1. The van der Waals surface area contributed by atoms with Crippen LogP contribution in [-0.4, -0.2) is 71.0 Å². The molecule has 0 radical (unpaired) electrons. The van der Waals surface area contributed by atoms with Crippen molar-refractivity contribution >= 4 is 58.0 Å². The minimum absolute atomic E-state index is 0.0208. The van der Waals surface area contributed by atoms with Crippen LogP contribution in [0.2, 0.25) is 10.0 Å². The SMILES string of the molecule is CC1(C)C[C@@H]1C(=O)N1CC2(CN(C(=O)c3cncs3)CC2C(=O)NCC(=O)Cc2ccc(Cl)c(Cl)c2)C1. The van der Waals surface area contributed by atoms with Gasteiger partial charge >= 0.3 is 0 Å². The van der Waals surface area contributed by atoms with Gasteiger partial charge in [-0.25, -0.2) is 0 Å². The van der Waals surface area contributed by atoms with Gasteiger partial charge in [-0.15, -0.1) is 11.3 Å². The van der Waals surface area contributed by atoms with Gasteiger partial charge in [0.05, 0.1) is 34.2 Å². The van der Waals surface area contributed by atoms with Gasteiger partial charge < -0.3 is 15.1 Å². The fraction of sp³-hybridized carbons (Fsp3) is 0.500. The molecule has 5 rings (SSSR count). The molecule has 1 spiro atoms. The Bertz CT molecular complexity index is 1260. The van der Waals surface area contributed by atoms with Crippen LogP contribution in [0.3, 0.4) is 0 Å². The lowest BCUT2D eigenvalue weighted by Gasteiger charge is -2.50. The third kappa shape index (κ3) is 5.13. The topological polar surface area (TPSA) is 99.7 Å². The summed E-state index contributed by atoms with van der Waals surface area (Å²) < 4.78 is 0. The average molecular weight is 564 g/mol. The van der Waals surface area contributed by atoms with E-state index < -0.39 is 11.3 Å². The van der Waals surface area contributed by atoms with Crippen molar-refractivity contribution in [1.29, 1.82) is 0 Å². The Hall–Kier alpha value is -2.49. The number of Topliss-reactive ketones (excluding diaryl/α,β-unsaturated/α-hetero) is 1. The zero-order chi connectivity index (χ0) is 26.5. The van der Waals surface area contributed by atoms with E-state index in [1.165, 1.54) is 17.5 Å². The number of rotatable bonds is 7. The van der Waals surface area contributed by atoms with Crippen molar-refractivity contribution in [1.82, 2.24) is 20.1 Å². The predicted octanol–water partition coefficient (Wildman–Crippen LogP) is 3.32. The molecule has 1 aliphatic carbocycles. The summed E-state index contributed by atoms with van der Waals surface area (Å²) in [5.74, 6) is -0.982. The number of halogens is 2. The molecule has 2 aromatic rings. The summed E-state index contributed by atoms with van der Waals surface area (Å²) in [5.41, 5.74) is 1.81. The number of amides is 3. The molecule has 1 saturated carbocycles. The van der Waals surface area contributed by atoms with Crippen molar-refractivity contribution in [2.45, 2.75) is 26.7 Å². The normalized spacial score (nSPS) is 23.0. The fourth-order valence-electron chi connectivity index (χ4n) is 5.51. The lowest BCUT2D eigenvalue weighted by atomic mass is 9.71. The van der Waals surface area contributed by atoms with Crippen molar-refractivity contribution in [3.05, 3.63) is 50.4 Å². The number of aromatic nitrogens is 1. The molecule has 0 bridgehead atoms. The first kappa shape index (κ1) is 26.1. The summed E-state index contributed by atoms with van der Waals surface area (Å²) in [5, 5.41) is 3.56.